The largest absolute Gasteiger partial charge is 0.360 e. The molecule has 1 atom stereocenters. The highest BCUT2D eigenvalue weighted by Crippen LogP contribution is 2.28. The van der Waals surface area contributed by atoms with E-state index >= 15 is 0 Å². The van der Waals surface area contributed by atoms with Crippen molar-refractivity contribution in [3.05, 3.63) is 0 Å². The fourth-order valence-electron chi connectivity index (χ4n) is 1.40. The van der Waals surface area contributed by atoms with E-state index in [0.717, 1.165) is 25.7 Å². The van der Waals surface area contributed by atoms with Gasteiger partial charge in [-0.25, -0.2) is 0 Å². The number of nitrogens with zero attached hydrogens (tertiary/aromatic N) is 1. The van der Waals surface area contributed by atoms with Gasteiger partial charge in [-0.2, -0.15) is 0 Å². The molecule has 0 aromatic heterocycles. The molecular formula is C7H12ClNO. The van der Waals surface area contributed by atoms with E-state index in [4.69, 9.17) is 16.3 Å². The quantitative estimate of drug-likeness (QED) is 0.533. The average molecular weight is 162 g/mol. The van der Waals surface area contributed by atoms with Crippen LogP contribution in [0.1, 0.15) is 12.8 Å². The second-order valence-corrected chi connectivity index (χ2v) is 3.49. The van der Waals surface area contributed by atoms with E-state index in [1.807, 2.05) is 0 Å². The van der Waals surface area contributed by atoms with Crippen molar-refractivity contribution in [2.45, 2.75) is 24.4 Å². The van der Waals surface area contributed by atoms with Crippen molar-refractivity contribution in [3.8, 4) is 0 Å². The third kappa shape index (κ3) is 1.44. The van der Waals surface area contributed by atoms with Gasteiger partial charge in [0, 0.05) is 19.1 Å². The Kier molecular flexibility index (Phi) is 1.85. The van der Waals surface area contributed by atoms with Gasteiger partial charge in [-0.1, -0.05) is 11.6 Å². The van der Waals surface area contributed by atoms with Crippen LogP contribution in [0.5, 0.6) is 0 Å². The van der Waals surface area contributed by atoms with Crippen LogP contribution in [0.4, 0.5) is 0 Å². The third-order valence-electron chi connectivity index (χ3n) is 2.12. The number of morpholine rings is 1. The van der Waals surface area contributed by atoms with Gasteiger partial charge in [0.15, 0.2) is 0 Å². The van der Waals surface area contributed by atoms with Gasteiger partial charge < -0.3 is 4.74 Å². The molecule has 1 heterocycles. The molecule has 2 aliphatic rings. The van der Waals surface area contributed by atoms with E-state index in [1.54, 1.807) is 0 Å². The molecule has 0 aromatic rings. The van der Waals surface area contributed by atoms with Crippen LogP contribution in [0.25, 0.3) is 0 Å². The highest BCUT2D eigenvalue weighted by Gasteiger charge is 2.32. The topological polar surface area (TPSA) is 12.5 Å². The van der Waals surface area contributed by atoms with Crippen LogP contribution in [-0.4, -0.2) is 36.2 Å². The van der Waals surface area contributed by atoms with Gasteiger partial charge >= 0.3 is 0 Å². The molecule has 0 N–H and O–H groups in total. The Balaban J connectivity index is 1.84. The maximum atomic E-state index is 5.82. The van der Waals surface area contributed by atoms with Gasteiger partial charge in [-0.3, -0.25) is 4.90 Å². The average Bonchev–Trinajstić information content (AvgIpc) is 2.68. The van der Waals surface area contributed by atoms with Crippen molar-refractivity contribution in [3.63, 3.8) is 0 Å². The van der Waals surface area contributed by atoms with Gasteiger partial charge in [0.25, 0.3) is 0 Å². The standard InChI is InChI=1S/C7H12ClNO/c8-7-5-9(3-4-10-7)6-1-2-6/h6-7H,1-5H2. The molecular weight excluding hydrogens is 150 g/mol. The second kappa shape index (κ2) is 2.68. The Labute approximate surface area is 66.1 Å². The molecule has 2 fully saturated rings. The Morgan fingerprint density at radius 2 is 2.20 bits per heavy atom. The van der Waals surface area contributed by atoms with Crippen LogP contribution in [0.2, 0.25) is 0 Å². The van der Waals surface area contributed by atoms with Crippen molar-refractivity contribution >= 4 is 11.6 Å². The Bertz CT molecular complexity index is 127. The molecule has 10 heavy (non-hydrogen) atoms. The van der Waals surface area contributed by atoms with Crippen LogP contribution in [0.15, 0.2) is 0 Å². The molecule has 0 aromatic carbocycles. The summed E-state index contributed by atoms with van der Waals surface area (Å²) in [5.41, 5.74) is -0.0608. The number of ether oxygens (including phenoxy) is 1. The molecule has 1 saturated carbocycles. The molecule has 3 heteroatoms. The zero-order valence-corrected chi connectivity index (χ0v) is 6.68. The van der Waals surface area contributed by atoms with Crippen molar-refractivity contribution < 1.29 is 4.74 Å². The lowest BCUT2D eigenvalue weighted by Gasteiger charge is -2.29. The highest BCUT2D eigenvalue weighted by molar-refractivity contribution is 6.19. The van der Waals surface area contributed by atoms with Crippen LogP contribution < -0.4 is 0 Å². The first-order chi connectivity index (χ1) is 4.86. The first-order valence-corrected chi connectivity index (χ1v) is 4.29. The number of hydrogen-bond acceptors (Lipinski definition) is 2. The van der Waals surface area contributed by atoms with Gasteiger partial charge in [0.05, 0.1) is 6.61 Å². The Morgan fingerprint density at radius 1 is 1.40 bits per heavy atom. The van der Waals surface area contributed by atoms with Crippen LogP contribution in [0.3, 0.4) is 0 Å². The predicted molar refractivity (Wildman–Crippen MR) is 40.2 cm³/mol. The highest BCUT2D eigenvalue weighted by atomic mass is 35.5. The van der Waals surface area contributed by atoms with Gasteiger partial charge in [0.2, 0.25) is 0 Å². The maximum absolute atomic E-state index is 5.82. The summed E-state index contributed by atoms with van der Waals surface area (Å²) in [7, 11) is 0. The van der Waals surface area contributed by atoms with E-state index < -0.39 is 0 Å². The zero-order valence-electron chi connectivity index (χ0n) is 5.92. The van der Waals surface area contributed by atoms with Crippen LogP contribution in [-0.2, 0) is 4.74 Å². The molecule has 2 rings (SSSR count). The third-order valence-corrected chi connectivity index (χ3v) is 2.38. The molecule has 1 aliphatic carbocycles. The molecule has 1 aliphatic heterocycles. The molecule has 1 saturated heterocycles. The number of alkyl halides is 1. The van der Waals surface area contributed by atoms with Crippen molar-refractivity contribution in [1.82, 2.24) is 4.90 Å². The minimum absolute atomic E-state index is 0.0608. The van der Waals surface area contributed by atoms with E-state index in [0.29, 0.717) is 0 Å². The minimum atomic E-state index is -0.0608. The van der Waals surface area contributed by atoms with Crippen molar-refractivity contribution in [1.29, 1.82) is 0 Å². The Hall–Kier alpha value is 0.210. The number of halogens is 1. The molecule has 0 radical (unpaired) electrons. The smallest absolute Gasteiger partial charge is 0.143 e. The summed E-state index contributed by atoms with van der Waals surface area (Å²) in [5, 5.41) is 0. The number of rotatable bonds is 1. The summed E-state index contributed by atoms with van der Waals surface area (Å²) in [6.45, 7) is 2.81. The summed E-state index contributed by atoms with van der Waals surface area (Å²) < 4.78 is 5.21. The lowest BCUT2D eigenvalue weighted by Crippen LogP contribution is -2.41. The molecule has 58 valence electrons. The van der Waals surface area contributed by atoms with E-state index in [1.165, 1.54) is 12.8 Å². The summed E-state index contributed by atoms with van der Waals surface area (Å²) in [6, 6.07) is 0.838. The SMILES string of the molecule is ClC1CN(C2CC2)CCO1. The molecule has 1 unspecified atom stereocenters. The van der Waals surface area contributed by atoms with E-state index in [-0.39, 0.29) is 5.56 Å². The maximum Gasteiger partial charge on any atom is 0.143 e. The summed E-state index contributed by atoms with van der Waals surface area (Å²) in [4.78, 5) is 2.43. The lowest BCUT2D eigenvalue weighted by atomic mass is 10.4. The Morgan fingerprint density at radius 3 is 2.80 bits per heavy atom. The van der Waals surface area contributed by atoms with E-state index in [2.05, 4.69) is 4.90 Å². The van der Waals surface area contributed by atoms with Gasteiger partial charge in [-0.15, -0.1) is 0 Å². The monoisotopic (exact) mass is 161 g/mol. The molecule has 0 spiro atoms. The first kappa shape index (κ1) is 6.89. The van der Waals surface area contributed by atoms with E-state index in [9.17, 15) is 0 Å². The fraction of sp³-hybridized carbons (Fsp3) is 1.00. The number of hydrogen-bond donors (Lipinski definition) is 0. The zero-order chi connectivity index (χ0) is 6.97. The van der Waals surface area contributed by atoms with Crippen molar-refractivity contribution in [2.24, 2.45) is 0 Å². The fourth-order valence-corrected chi connectivity index (χ4v) is 1.66. The normalized spacial score (nSPS) is 36.3. The van der Waals surface area contributed by atoms with Crippen LogP contribution >= 0.6 is 11.6 Å². The summed E-state index contributed by atoms with van der Waals surface area (Å²) in [6.07, 6.45) is 2.73. The molecule has 2 nitrogen and oxygen atoms in total. The summed E-state index contributed by atoms with van der Waals surface area (Å²) in [5.74, 6) is 0. The molecule has 0 bridgehead atoms. The van der Waals surface area contributed by atoms with Gasteiger partial charge in [-0.05, 0) is 12.8 Å². The predicted octanol–water partition coefficient (Wildman–Crippen LogP) is 1.05. The first-order valence-electron chi connectivity index (χ1n) is 3.86. The van der Waals surface area contributed by atoms with Gasteiger partial charge in [0.1, 0.15) is 5.56 Å². The second-order valence-electron chi connectivity index (χ2n) is 3.01. The van der Waals surface area contributed by atoms with Crippen LogP contribution in [0, 0.1) is 0 Å². The summed E-state index contributed by atoms with van der Waals surface area (Å²) >= 11 is 5.82. The lowest BCUT2D eigenvalue weighted by molar-refractivity contribution is 0.0106. The minimum Gasteiger partial charge on any atom is -0.360 e. The van der Waals surface area contributed by atoms with Crippen molar-refractivity contribution in [2.75, 3.05) is 19.7 Å². The molecule has 0 amide bonds.